The number of rotatable bonds is 2. The molecule has 0 aliphatic rings. The van der Waals surface area contributed by atoms with Crippen molar-refractivity contribution in [3.63, 3.8) is 0 Å². The van der Waals surface area contributed by atoms with Crippen molar-refractivity contribution in [3.8, 4) is 0 Å². The molecule has 0 amide bonds. The molecule has 6 heteroatoms. The second kappa shape index (κ2) is 4.56. The van der Waals surface area contributed by atoms with Crippen LogP contribution in [0.5, 0.6) is 0 Å². The summed E-state index contributed by atoms with van der Waals surface area (Å²) >= 11 is 0. The summed E-state index contributed by atoms with van der Waals surface area (Å²) in [6.07, 6.45) is 2.89. The Hall–Kier alpha value is -2.24. The van der Waals surface area contributed by atoms with Gasteiger partial charge in [0.1, 0.15) is 11.6 Å². The number of anilines is 1. The van der Waals surface area contributed by atoms with Crippen molar-refractivity contribution >= 4 is 12.2 Å². The fourth-order valence-electron chi connectivity index (χ4n) is 1.50. The van der Waals surface area contributed by atoms with Crippen molar-refractivity contribution in [2.75, 3.05) is 5.73 Å². The van der Waals surface area contributed by atoms with Crippen LogP contribution in [0, 0.1) is 25.5 Å². The largest absolute Gasteiger partial charge is 0.368 e. The van der Waals surface area contributed by atoms with Crippen LogP contribution in [-0.2, 0) is 0 Å². The molecule has 1 aromatic carbocycles. The van der Waals surface area contributed by atoms with Crippen molar-refractivity contribution in [2.24, 2.45) is 5.10 Å². The molecule has 0 fully saturated rings. The predicted octanol–water partition coefficient (Wildman–Crippen LogP) is 2.24. The first-order chi connectivity index (χ1) is 8.47. The molecule has 1 aromatic heterocycles. The molecule has 18 heavy (non-hydrogen) atoms. The fourth-order valence-corrected chi connectivity index (χ4v) is 1.50. The van der Waals surface area contributed by atoms with Gasteiger partial charge < -0.3 is 5.73 Å². The molecule has 0 saturated carbocycles. The quantitative estimate of drug-likeness (QED) is 0.831. The maximum absolute atomic E-state index is 13.5. The summed E-state index contributed by atoms with van der Waals surface area (Å²) in [6, 6.07) is 2.22. The van der Waals surface area contributed by atoms with Gasteiger partial charge in [0.05, 0.1) is 18.1 Å². The van der Waals surface area contributed by atoms with Crippen molar-refractivity contribution in [1.82, 2.24) is 9.66 Å². The Labute approximate surface area is 103 Å². The van der Waals surface area contributed by atoms with Crippen LogP contribution in [-0.4, -0.2) is 15.9 Å². The van der Waals surface area contributed by atoms with E-state index in [4.69, 9.17) is 5.73 Å². The van der Waals surface area contributed by atoms with Gasteiger partial charge in [0, 0.05) is 11.6 Å². The Bertz CT molecular complexity index is 617. The first-order valence-corrected chi connectivity index (χ1v) is 5.29. The van der Waals surface area contributed by atoms with Crippen LogP contribution in [0.25, 0.3) is 0 Å². The molecule has 0 spiro atoms. The monoisotopic (exact) mass is 250 g/mol. The van der Waals surface area contributed by atoms with E-state index < -0.39 is 11.6 Å². The van der Waals surface area contributed by atoms with E-state index in [0.717, 1.165) is 6.07 Å². The molecule has 2 rings (SSSR count). The smallest absolute Gasteiger partial charge is 0.221 e. The van der Waals surface area contributed by atoms with Gasteiger partial charge in [-0.1, -0.05) is 0 Å². The van der Waals surface area contributed by atoms with Crippen molar-refractivity contribution < 1.29 is 8.78 Å². The van der Waals surface area contributed by atoms with E-state index in [1.807, 2.05) is 0 Å². The minimum atomic E-state index is -0.669. The molecule has 0 saturated heterocycles. The number of nitrogens with zero attached hydrogens (tertiary/aromatic N) is 3. The van der Waals surface area contributed by atoms with Crippen LogP contribution in [0.15, 0.2) is 23.4 Å². The van der Waals surface area contributed by atoms with Gasteiger partial charge in [-0.25, -0.2) is 18.4 Å². The highest BCUT2D eigenvalue weighted by Gasteiger charge is 2.05. The first kappa shape index (κ1) is 12.2. The van der Waals surface area contributed by atoms with Crippen LogP contribution in [0.1, 0.15) is 16.8 Å². The molecule has 0 atom stereocenters. The molecular weight excluding hydrogens is 238 g/mol. The Morgan fingerprint density at radius 1 is 1.28 bits per heavy atom. The SMILES string of the molecule is Cc1cn(N=Cc2cc(C)c(F)cc2F)c(N)n1. The second-order valence-electron chi connectivity index (χ2n) is 3.95. The third-order valence-corrected chi connectivity index (χ3v) is 2.43. The van der Waals surface area contributed by atoms with Crippen LogP contribution in [0.2, 0.25) is 0 Å². The summed E-state index contributed by atoms with van der Waals surface area (Å²) in [5.41, 5.74) is 6.84. The van der Waals surface area contributed by atoms with E-state index in [0.29, 0.717) is 11.3 Å². The summed E-state index contributed by atoms with van der Waals surface area (Å²) in [6.45, 7) is 3.33. The maximum atomic E-state index is 13.5. The molecule has 0 radical (unpaired) electrons. The van der Waals surface area contributed by atoms with E-state index in [-0.39, 0.29) is 11.5 Å². The zero-order chi connectivity index (χ0) is 13.3. The van der Waals surface area contributed by atoms with Crippen LogP contribution in [0.4, 0.5) is 14.7 Å². The summed E-state index contributed by atoms with van der Waals surface area (Å²) < 4.78 is 27.8. The highest BCUT2D eigenvalue weighted by atomic mass is 19.1. The summed E-state index contributed by atoms with van der Waals surface area (Å²) in [5.74, 6) is -1.04. The lowest BCUT2D eigenvalue weighted by molar-refractivity contribution is 0.576. The lowest BCUT2D eigenvalue weighted by atomic mass is 10.1. The Morgan fingerprint density at radius 2 is 2.00 bits per heavy atom. The minimum Gasteiger partial charge on any atom is -0.368 e. The molecule has 2 N–H and O–H groups in total. The third-order valence-electron chi connectivity index (χ3n) is 2.43. The summed E-state index contributed by atoms with van der Waals surface area (Å²) in [7, 11) is 0. The molecule has 94 valence electrons. The summed E-state index contributed by atoms with van der Waals surface area (Å²) in [4.78, 5) is 3.95. The molecule has 0 bridgehead atoms. The molecular formula is C12H12F2N4. The number of nitrogens with two attached hydrogens (primary N) is 1. The Morgan fingerprint density at radius 3 is 2.61 bits per heavy atom. The molecule has 0 unspecified atom stereocenters. The molecule has 0 aliphatic carbocycles. The number of aryl methyl sites for hydroxylation is 2. The number of nitrogen functional groups attached to an aromatic ring is 1. The van der Waals surface area contributed by atoms with E-state index in [9.17, 15) is 8.78 Å². The lowest BCUT2D eigenvalue weighted by Gasteiger charge is -2.01. The van der Waals surface area contributed by atoms with Gasteiger partial charge >= 0.3 is 0 Å². The number of imidazole rings is 1. The predicted molar refractivity (Wildman–Crippen MR) is 65.5 cm³/mol. The van der Waals surface area contributed by atoms with E-state index in [1.54, 1.807) is 20.0 Å². The van der Waals surface area contributed by atoms with Gasteiger partial charge in [0.15, 0.2) is 0 Å². The second-order valence-corrected chi connectivity index (χ2v) is 3.95. The lowest BCUT2D eigenvalue weighted by Crippen LogP contribution is -1.99. The van der Waals surface area contributed by atoms with Gasteiger partial charge in [0.2, 0.25) is 5.95 Å². The van der Waals surface area contributed by atoms with E-state index in [2.05, 4.69) is 10.1 Å². The number of aromatic nitrogens is 2. The van der Waals surface area contributed by atoms with Gasteiger partial charge in [-0.05, 0) is 25.5 Å². The van der Waals surface area contributed by atoms with E-state index in [1.165, 1.54) is 17.0 Å². The number of hydrogen-bond donors (Lipinski definition) is 1. The first-order valence-electron chi connectivity index (χ1n) is 5.29. The fraction of sp³-hybridized carbons (Fsp3) is 0.167. The van der Waals surface area contributed by atoms with Gasteiger partial charge in [0.25, 0.3) is 0 Å². The van der Waals surface area contributed by atoms with Crippen molar-refractivity contribution in [2.45, 2.75) is 13.8 Å². The molecule has 1 heterocycles. The standard InChI is InChI=1S/C12H12F2N4/c1-7-3-9(11(14)4-10(7)13)5-16-18-6-8(2)17-12(18)15/h3-6H,1-2H3,(H2,15,17). The highest BCUT2D eigenvalue weighted by Crippen LogP contribution is 2.13. The number of benzene rings is 1. The summed E-state index contributed by atoms with van der Waals surface area (Å²) in [5, 5.41) is 3.97. The maximum Gasteiger partial charge on any atom is 0.221 e. The Balaban J connectivity index is 2.34. The molecule has 2 aromatic rings. The topological polar surface area (TPSA) is 56.2 Å². The number of halogens is 2. The average Bonchev–Trinajstić information content (AvgIpc) is 2.61. The third kappa shape index (κ3) is 2.37. The molecule has 4 nitrogen and oxygen atoms in total. The van der Waals surface area contributed by atoms with Crippen molar-refractivity contribution in [1.29, 1.82) is 0 Å². The van der Waals surface area contributed by atoms with Gasteiger partial charge in [-0.2, -0.15) is 5.10 Å². The normalized spacial score (nSPS) is 11.3. The highest BCUT2D eigenvalue weighted by molar-refractivity contribution is 5.80. The van der Waals surface area contributed by atoms with Gasteiger partial charge in [-0.3, -0.25) is 0 Å². The van der Waals surface area contributed by atoms with E-state index >= 15 is 0 Å². The van der Waals surface area contributed by atoms with Crippen molar-refractivity contribution in [3.05, 3.63) is 46.8 Å². The zero-order valence-corrected chi connectivity index (χ0v) is 9.98. The van der Waals surface area contributed by atoms with Crippen LogP contribution >= 0.6 is 0 Å². The van der Waals surface area contributed by atoms with Gasteiger partial charge in [-0.15, -0.1) is 0 Å². The minimum absolute atomic E-state index is 0.194. The number of hydrogen-bond acceptors (Lipinski definition) is 3. The van der Waals surface area contributed by atoms with Crippen LogP contribution < -0.4 is 5.73 Å². The average molecular weight is 250 g/mol. The Kier molecular flexibility index (Phi) is 3.10. The molecule has 0 aliphatic heterocycles. The zero-order valence-electron chi connectivity index (χ0n) is 9.98. The van der Waals surface area contributed by atoms with Crippen LogP contribution in [0.3, 0.4) is 0 Å².